The van der Waals surface area contributed by atoms with Gasteiger partial charge in [0.25, 0.3) is 0 Å². The summed E-state index contributed by atoms with van der Waals surface area (Å²) in [6, 6.07) is 6.42. The third kappa shape index (κ3) is 10.3. The second-order valence-corrected chi connectivity index (χ2v) is 9.31. The Morgan fingerprint density at radius 2 is 2.00 bits per heavy atom. The first-order chi connectivity index (χ1) is 13.2. The van der Waals surface area contributed by atoms with Gasteiger partial charge in [-0.15, -0.1) is 18.2 Å². The number of allylic oxidation sites excluding steroid dienone is 1. The van der Waals surface area contributed by atoms with E-state index >= 15 is 0 Å². The number of rotatable bonds is 7. The molecule has 0 aromatic heterocycles. The van der Waals surface area contributed by atoms with Crippen molar-refractivity contribution in [2.24, 2.45) is 11.8 Å². The molecule has 1 aliphatic carbocycles. The molecule has 29 heavy (non-hydrogen) atoms. The minimum absolute atomic E-state index is 0. The van der Waals surface area contributed by atoms with Gasteiger partial charge in [0.15, 0.2) is 0 Å². The summed E-state index contributed by atoms with van der Waals surface area (Å²) in [5, 5.41) is 3.05. The van der Waals surface area contributed by atoms with Crippen molar-refractivity contribution >= 4 is 21.8 Å². The van der Waals surface area contributed by atoms with Crippen molar-refractivity contribution in [3.8, 4) is 0 Å². The molecule has 1 unspecified atom stereocenters. The van der Waals surface area contributed by atoms with Crippen LogP contribution in [0.1, 0.15) is 70.4 Å². The van der Waals surface area contributed by atoms with E-state index in [1.807, 2.05) is 26.8 Å². The molecule has 0 heterocycles. The van der Waals surface area contributed by atoms with Gasteiger partial charge in [0.1, 0.15) is 0 Å². The van der Waals surface area contributed by atoms with Gasteiger partial charge in [-0.2, -0.15) is 30.9 Å². The van der Waals surface area contributed by atoms with Crippen LogP contribution in [0.15, 0.2) is 35.3 Å². The van der Waals surface area contributed by atoms with E-state index in [0.29, 0.717) is 0 Å². The van der Waals surface area contributed by atoms with Gasteiger partial charge in [-0.05, 0) is 38.1 Å². The van der Waals surface area contributed by atoms with Crippen molar-refractivity contribution in [3.63, 3.8) is 0 Å². The largest absolute Gasteiger partial charge is 1.00 e. The molecule has 2 rings (SSSR count). The van der Waals surface area contributed by atoms with E-state index in [2.05, 4.69) is 66.3 Å². The molecule has 0 aliphatic heterocycles. The average molecular weight is 454 g/mol. The number of halogens is 1. The molecule has 0 saturated heterocycles. The van der Waals surface area contributed by atoms with E-state index in [0.717, 1.165) is 25.7 Å². The predicted molar refractivity (Wildman–Crippen MR) is 125 cm³/mol. The summed E-state index contributed by atoms with van der Waals surface area (Å²) in [6.07, 6.45) is 11.2. The molecular formula is C25H37BrLiNO-2. The van der Waals surface area contributed by atoms with E-state index in [4.69, 9.17) is 0 Å². The Balaban J connectivity index is 0.000000560. The van der Waals surface area contributed by atoms with Crippen LogP contribution in [0.4, 0.5) is 0 Å². The van der Waals surface area contributed by atoms with Crippen LogP contribution in [0.3, 0.4) is 0 Å². The van der Waals surface area contributed by atoms with E-state index in [9.17, 15) is 4.79 Å². The zero-order chi connectivity index (χ0) is 21.2. The van der Waals surface area contributed by atoms with Crippen LogP contribution in [0.25, 0.3) is 0 Å². The Kier molecular flexibility index (Phi) is 14.1. The second-order valence-electron chi connectivity index (χ2n) is 8.45. The number of carbonyl (C=O) groups excluding carboxylic acids is 1. The first-order valence-corrected chi connectivity index (χ1v) is 11.1. The summed E-state index contributed by atoms with van der Waals surface area (Å²) in [7, 11) is 0. The normalized spacial score (nSPS) is 13.8. The summed E-state index contributed by atoms with van der Waals surface area (Å²) in [5.41, 5.74) is 2.72. The summed E-state index contributed by atoms with van der Waals surface area (Å²) < 4.78 is 1.27. The van der Waals surface area contributed by atoms with E-state index in [1.54, 1.807) is 0 Å². The number of fused-ring (bicyclic) bond motifs is 1. The zero-order valence-electron chi connectivity index (χ0n) is 18.9. The quantitative estimate of drug-likeness (QED) is 0.378. The Morgan fingerprint density at radius 3 is 2.52 bits per heavy atom. The van der Waals surface area contributed by atoms with Gasteiger partial charge in [-0.25, -0.2) is 0 Å². The van der Waals surface area contributed by atoms with Crippen molar-refractivity contribution in [2.45, 2.75) is 71.3 Å². The van der Waals surface area contributed by atoms with Gasteiger partial charge < -0.3 is 19.2 Å². The standard InChI is InChI=1S/C15H27NO.C10H10Br.Li/c1-7-10-11-13(12(8-2)9-3)14(17)16-15(4,5)6;11-10-7-3-5-8-4-1-2-6-9(8)10;/h7,12-13H,1-3,8-11H2,4-6H3,(H,16,17);3-5,7H,1-2,6H2;/q-2;-1;+1. The molecule has 1 aromatic rings. The number of hydrogen-bond donors (Lipinski definition) is 1. The average Bonchev–Trinajstić information content (AvgIpc) is 2.65. The smallest absolute Gasteiger partial charge is 0.351 e. The van der Waals surface area contributed by atoms with Gasteiger partial charge in [0, 0.05) is 11.5 Å². The number of amides is 1. The molecule has 0 saturated carbocycles. The molecule has 1 N–H and O–H groups in total. The van der Waals surface area contributed by atoms with Crippen LogP contribution < -0.4 is 24.2 Å². The maximum atomic E-state index is 12.2. The monoisotopic (exact) mass is 453 g/mol. The summed E-state index contributed by atoms with van der Waals surface area (Å²) in [4.78, 5) is 12.2. The van der Waals surface area contributed by atoms with Gasteiger partial charge in [-0.3, -0.25) is 4.79 Å². The van der Waals surface area contributed by atoms with Crippen LogP contribution in [0, 0.1) is 32.1 Å². The summed E-state index contributed by atoms with van der Waals surface area (Å²) in [5.74, 6) is 0.385. The molecule has 0 bridgehead atoms. The van der Waals surface area contributed by atoms with Crippen LogP contribution >= 0.6 is 15.9 Å². The van der Waals surface area contributed by atoms with Crippen LogP contribution in [-0.2, 0) is 11.2 Å². The van der Waals surface area contributed by atoms with Crippen LogP contribution in [-0.4, -0.2) is 11.4 Å². The topological polar surface area (TPSA) is 29.1 Å². The molecular weight excluding hydrogens is 417 g/mol. The minimum atomic E-state index is -0.184. The van der Waals surface area contributed by atoms with E-state index in [1.165, 1.54) is 34.9 Å². The fourth-order valence-electron chi connectivity index (χ4n) is 3.45. The Bertz CT molecular complexity index is 620. The number of nitrogens with one attached hydrogen (secondary N) is 1. The zero-order valence-corrected chi connectivity index (χ0v) is 20.5. The maximum Gasteiger partial charge on any atom is 1.00 e. The summed E-state index contributed by atoms with van der Waals surface area (Å²) in [6.45, 7) is 17.5. The Labute approximate surface area is 200 Å². The van der Waals surface area contributed by atoms with Gasteiger partial charge in [-0.1, -0.05) is 53.3 Å². The van der Waals surface area contributed by atoms with Crippen molar-refractivity contribution in [1.82, 2.24) is 5.32 Å². The predicted octanol–water partition coefficient (Wildman–Crippen LogP) is 3.89. The maximum absolute atomic E-state index is 12.2. The molecule has 2 nitrogen and oxygen atoms in total. The Hall–Kier alpha value is -0.623. The Morgan fingerprint density at radius 1 is 1.34 bits per heavy atom. The molecule has 0 fully saturated rings. The van der Waals surface area contributed by atoms with Gasteiger partial charge in [0.05, 0.1) is 0 Å². The molecule has 1 atom stereocenters. The van der Waals surface area contributed by atoms with Crippen LogP contribution in [0.5, 0.6) is 0 Å². The number of benzene rings is 1. The van der Waals surface area contributed by atoms with Crippen LogP contribution in [0.2, 0.25) is 0 Å². The number of hydrogen-bond acceptors (Lipinski definition) is 1. The number of carbonyl (C=O) groups is 1. The molecule has 1 aliphatic rings. The van der Waals surface area contributed by atoms with E-state index in [-0.39, 0.29) is 42.1 Å². The SMILES string of the molecule is Brc1cccc2c1CCC[CH-]2.C=CCCC(C(=O)NC(C)(C)C)C(C[CH2-])C[CH2-].[Li+]. The van der Waals surface area contributed by atoms with Gasteiger partial charge >= 0.3 is 18.9 Å². The third-order valence-electron chi connectivity index (χ3n) is 4.98. The second kappa shape index (κ2) is 14.4. The molecule has 1 amide bonds. The molecule has 158 valence electrons. The summed E-state index contributed by atoms with van der Waals surface area (Å²) >= 11 is 3.56. The first kappa shape index (κ1) is 28.4. The van der Waals surface area contributed by atoms with Gasteiger partial charge in [0.2, 0.25) is 5.91 Å². The van der Waals surface area contributed by atoms with Crippen molar-refractivity contribution in [1.29, 1.82) is 0 Å². The molecule has 0 spiro atoms. The third-order valence-corrected chi connectivity index (χ3v) is 5.72. The first-order valence-electron chi connectivity index (χ1n) is 10.4. The van der Waals surface area contributed by atoms with Crippen molar-refractivity contribution in [2.75, 3.05) is 0 Å². The van der Waals surface area contributed by atoms with Crippen molar-refractivity contribution in [3.05, 3.63) is 66.7 Å². The molecule has 1 aromatic carbocycles. The molecule has 0 radical (unpaired) electrons. The minimum Gasteiger partial charge on any atom is -0.351 e. The van der Waals surface area contributed by atoms with Crippen molar-refractivity contribution < 1.29 is 23.7 Å². The van der Waals surface area contributed by atoms with E-state index < -0.39 is 0 Å². The fraction of sp³-hybridized carbons (Fsp3) is 0.520. The molecule has 4 heteroatoms. The fourth-order valence-corrected chi connectivity index (χ4v) is 4.03.